The number of ether oxygens (including phenoxy) is 4. The minimum Gasteiger partial charge on any atom is -0.486 e. The molecule has 0 bridgehead atoms. The zero-order valence-corrected chi connectivity index (χ0v) is 19.2. The van der Waals surface area contributed by atoms with Crippen molar-refractivity contribution in [3.05, 3.63) is 48.5 Å². The van der Waals surface area contributed by atoms with Gasteiger partial charge >= 0.3 is 0 Å². The van der Waals surface area contributed by atoms with Crippen molar-refractivity contribution in [2.45, 2.75) is 63.8 Å². The minimum absolute atomic E-state index is 0.0496. The van der Waals surface area contributed by atoms with E-state index in [0.717, 1.165) is 36.1 Å². The molecule has 32 heavy (non-hydrogen) atoms. The summed E-state index contributed by atoms with van der Waals surface area (Å²) in [5.41, 5.74) is 0. The lowest BCUT2D eigenvalue weighted by Gasteiger charge is -2.31. The topological polar surface area (TPSA) is 61.0 Å². The van der Waals surface area contributed by atoms with Gasteiger partial charge in [-0.1, -0.05) is 37.1 Å². The Labute approximate surface area is 191 Å². The Morgan fingerprint density at radius 2 is 1.06 bits per heavy atom. The third-order valence-electron chi connectivity index (χ3n) is 6.21. The largest absolute Gasteiger partial charge is 0.486 e. The molecule has 0 radical (unpaired) electrons. The Morgan fingerprint density at radius 3 is 1.50 bits per heavy atom. The molecule has 2 aromatic carbocycles. The van der Waals surface area contributed by atoms with Gasteiger partial charge in [0.2, 0.25) is 0 Å². The molecule has 2 aliphatic rings. The minimum atomic E-state index is 0.0496. The summed E-state index contributed by atoms with van der Waals surface area (Å²) >= 11 is 0. The van der Waals surface area contributed by atoms with Gasteiger partial charge in [-0.3, -0.25) is 0 Å². The van der Waals surface area contributed by atoms with Crippen molar-refractivity contribution in [2.24, 2.45) is 0 Å². The van der Waals surface area contributed by atoms with Gasteiger partial charge < -0.3 is 29.6 Å². The van der Waals surface area contributed by atoms with Crippen molar-refractivity contribution >= 4 is 0 Å². The van der Waals surface area contributed by atoms with E-state index in [4.69, 9.17) is 18.9 Å². The number of unbranched alkanes of at least 4 members (excludes halogenated alkanes) is 3. The van der Waals surface area contributed by atoms with Crippen LogP contribution in [0.15, 0.2) is 48.5 Å². The van der Waals surface area contributed by atoms with E-state index in [9.17, 15) is 0 Å². The quantitative estimate of drug-likeness (QED) is 0.511. The standard InChI is InChI=1S/C26H36N2O4/c1-19(25-17-29-21-11-5-7-13-23(21)31-25)27-15-9-3-4-10-16-28-20(2)26-18-30-22-12-6-8-14-24(22)32-26/h5-8,11-14,19-20,25-28H,3-4,9-10,15-18H2,1-2H3/t19-,20+,25-,26-/m0/s1. The average molecular weight is 441 g/mol. The maximum Gasteiger partial charge on any atom is 0.161 e. The summed E-state index contributed by atoms with van der Waals surface area (Å²) in [6, 6.07) is 16.3. The summed E-state index contributed by atoms with van der Waals surface area (Å²) in [5, 5.41) is 7.18. The molecule has 0 amide bonds. The first-order valence-corrected chi connectivity index (χ1v) is 11.9. The number of para-hydroxylation sites is 4. The Balaban J connectivity index is 1.03. The zero-order valence-electron chi connectivity index (χ0n) is 19.2. The van der Waals surface area contributed by atoms with E-state index < -0.39 is 0 Å². The van der Waals surface area contributed by atoms with Gasteiger partial charge in [-0.2, -0.15) is 0 Å². The molecular weight excluding hydrogens is 404 g/mol. The molecule has 4 rings (SSSR count). The van der Waals surface area contributed by atoms with E-state index in [1.807, 2.05) is 48.5 Å². The van der Waals surface area contributed by atoms with Crippen LogP contribution in [0.4, 0.5) is 0 Å². The van der Waals surface area contributed by atoms with E-state index in [-0.39, 0.29) is 24.3 Å². The van der Waals surface area contributed by atoms with Crippen LogP contribution < -0.4 is 29.6 Å². The lowest BCUT2D eigenvalue weighted by atomic mass is 10.1. The first kappa shape index (κ1) is 22.7. The summed E-state index contributed by atoms with van der Waals surface area (Å²) in [7, 11) is 0. The van der Waals surface area contributed by atoms with Crippen molar-refractivity contribution < 1.29 is 18.9 Å². The Morgan fingerprint density at radius 1 is 0.656 bits per heavy atom. The SMILES string of the molecule is C[C@H](NCCCCCCN[C@H](C)[C@@H]1COc2ccccc2O1)[C@@H]1COc2ccccc2O1. The summed E-state index contributed by atoms with van der Waals surface area (Å²) in [5.74, 6) is 3.36. The molecule has 174 valence electrons. The molecule has 2 aromatic rings. The van der Waals surface area contributed by atoms with Crippen molar-refractivity contribution in [3.63, 3.8) is 0 Å². The van der Waals surface area contributed by atoms with Crippen LogP contribution in [0.3, 0.4) is 0 Å². The van der Waals surface area contributed by atoms with Crippen LogP contribution in [0.1, 0.15) is 39.5 Å². The van der Waals surface area contributed by atoms with E-state index in [2.05, 4.69) is 24.5 Å². The summed E-state index contributed by atoms with van der Waals surface area (Å²) in [6.07, 6.45) is 4.87. The predicted octanol–water partition coefficient (Wildman–Crippen LogP) is 4.18. The van der Waals surface area contributed by atoms with Crippen LogP contribution in [-0.4, -0.2) is 50.6 Å². The van der Waals surface area contributed by atoms with Gasteiger partial charge in [0.15, 0.2) is 23.0 Å². The second kappa shape index (κ2) is 11.4. The van der Waals surface area contributed by atoms with Crippen molar-refractivity contribution in [2.75, 3.05) is 26.3 Å². The highest BCUT2D eigenvalue weighted by atomic mass is 16.6. The van der Waals surface area contributed by atoms with Gasteiger partial charge in [0.05, 0.1) is 0 Å². The molecular formula is C26H36N2O4. The third kappa shape index (κ3) is 6.08. The van der Waals surface area contributed by atoms with Gasteiger partial charge in [-0.05, 0) is 64.0 Å². The van der Waals surface area contributed by atoms with Gasteiger partial charge in [-0.15, -0.1) is 0 Å². The summed E-state index contributed by atoms with van der Waals surface area (Å²) < 4.78 is 23.8. The fourth-order valence-electron chi connectivity index (χ4n) is 4.09. The maximum atomic E-state index is 6.08. The number of nitrogens with one attached hydrogen (secondary N) is 2. The fourth-order valence-corrected chi connectivity index (χ4v) is 4.09. The summed E-state index contributed by atoms with van der Waals surface area (Å²) in [4.78, 5) is 0. The highest BCUT2D eigenvalue weighted by Gasteiger charge is 2.26. The smallest absolute Gasteiger partial charge is 0.161 e. The van der Waals surface area contributed by atoms with Crippen molar-refractivity contribution in [1.29, 1.82) is 0 Å². The fraction of sp³-hybridized carbons (Fsp3) is 0.538. The molecule has 0 saturated heterocycles. The number of hydrogen-bond acceptors (Lipinski definition) is 6. The molecule has 6 nitrogen and oxygen atoms in total. The second-order valence-corrected chi connectivity index (χ2v) is 8.73. The first-order valence-electron chi connectivity index (χ1n) is 11.9. The molecule has 0 saturated carbocycles. The predicted molar refractivity (Wildman–Crippen MR) is 126 cm³/mol. The van der Waals surface area contributed by atoms with Crippen LogP contribution in [0.25, 0.3) is 0 Å². The Hall–Kier alpha value is -2.44. The molecule has 0 unspecified atom stereocenters. The maximum absolute atomic E-state index is 6.08. The van der Waals surface area contributed by atoms with Gasteiger partial charge in [0, 0.05) is 12.1 Å². The van der Waals surface area contributed by atoms with Gasteiger partial charge in [0.25, 0.3) is 0 Å². The number of fused-ring (bicyclic) bond motifs is 2. The van der Waals surface area contributed by atoms with Crippen LogP contribution in [0, 0.1) is 0 Å². The lowest BCUT2D eigenvalue weighted by Crippen LogP contribution is -2.46. The molecule has 0 aromatic heterocycles. The zero-order chi connectivity index (χ0) is 22.2. The average Bonchev–Trinajstić information content (AvgIpc) is 2.84. The highest BCUT2D eigenvalue weighted by molar-refractivity contribution is 5.41. The van der Waals surface area contributed by atoms with Gasteiger partial charge in [0.1, 0.15) is 25.4 Å². The van der Waals surface area contributed by atoms with Gasteiger partial charge in [-0.25, -0.2) is 0 Å². The molecule has 0 fully saturated rings. The second-order valence-electron chi connectivity index (χ2n) is 8.73. The molecule has 2 heterocycles. The van der Waals surface area contributed by atoms with Crippen molar-refractivity contribution in [3.8, 4) is 23.0 Å². The Bertz CT molecular complexity index is 777. The highest BCUT2D eigenvalue weighted by Crippen LogP contribution is 2.32. The molecule has 0 aliphatic carbocycles. The van der Waals surface area contributed by atoms with E-state index >= 15 is 0 Å². The summed E-state index contributed by atoms with van der Waals surface area (Å²) in [6.45, 7) is 7.52. The van der Waals surface area contributed by atoms with Crippen molar-refractivity contribution in [1.82, 2.24) is 10.6 Å². The molecule has 2 N–H and O–H groups in total. The Kier molecular flexibility index (Phi) is 8.13. The molecule has 2 aliphatic heterocycles. The monoisotopic (exact) mass is 440 g/mol. The van der Waals surface area contributed by atoms with E-state index in [1.165, 1.54) is 25.7 Å². The number of rotatable bonds is 11. The third-order valence-corrected chi connectivity index (χ3v) is 6.21. The number of hydrogen-bond donors (Lipinski definition) is 2. The lowest BCUT2D eigenvalue weighted by molar-refractivity contribution is 0.0664. The molecule has 0 spiro atoms. The van der Waals surface area contributed by atoms with E-state index in [0.29, 0.717) is 13.2 Å². The van der Waals surface area contributed by atoms with Crippen LogP contribution >= 0.6 is 0 Å². The normalized spacial score (nSPS) is 21.1. The molecule has 6 heteroatoms. The first-order chi connectivity index (χ1) is 15.7. The molecule has 4 atom stereocenters. The van der Waals surface area contributed by atoms with Crippen LogP contribution in [0.5, 0.6) is 23.0 Å². The van der Waals surface area contributed by atoms with E-state index in [1.54, 1.807) is 0 Å². The van der Waals surface area contributed by atoms with Crippen LogP contribution in [0.2, 0.25) is 0 Å². The van der Waals surface area contributed by atoms with Crippen LogP contribution in [-0.2, 0) is 0 Å². The number of benzene rings is 2.